The van der Waals surface area contributed by atoms with Crippen molar-refractivity contribution in [3.05, 3.63) is 29.3 Å². The first-order valence-electron chi connectivity index (χ1n) is 10.7. The van der Waals surface area contributed by atoms with Gasteiger partial charge in [0.2, 0.25) is 0 Å². The van der Waals surface area contributed by atoms with E-state index in [1.54, 1.807) is 0 Å². The van der Waals surface area contributed by atoms with Crippen LogP contribution in [0.1, 0.15) is 24.0 Å². The molecule has 0 spiro atoms. The molecule has 1 aromatic carbocycles. The molecule has 0 bridgehead atoms. The molecule has 3 aliphatic rings. The Morgan fingerprint density at radius 1 is 1.04 bits per heavy atom. The number of likely N-dealkylation sites (N-methyl/N-ethyl adjacent to an activating group) is 1. The maximum absolute atomic E-state index is 6.00. The Labute approximate surface area is 169 Å². The van der Waals surface area contributed by atoms with Gasteiger partial charge in [-0.1, -0.05) is 24.0 Å². The second-order valence-corrected chi connectivity index (χ2v) is 8.26. The van der Waals surface area contributed by atoms with Crippen molar-refractivity contribution in [3.8, 4) is 17.6 Å². The zero-order chi connectivity index (χ0) is 19.2. The first-order valence-corrected chi connectivity index (χ1v) is 10.7. The van der Waals surface area contributed by atoms with Gasteiger partial charge in [-0.05, 0) is 37.1 Å². The molecule has 0 aromatic heterocycles. The average molecular weight is 384 g/mol. The summed E-state index contributed by atoms with van der Waals surface area (Å²) < 4.78 is 11.6. The summed E-state index contributed by atoms with van der Waals surface area (Å²) in [6.07, 6.45) is 3.62. The van der Waals surface area contributed by atoms with Gasteiger partial charge in [0.05, 0.1) is 19.3 Å². The van der Waals surface area contributed by atoms with Crippen molar-refractivity contribution in [2.24, 2.45) is 0 Å². The van der Waals surface area contributed by atoms with Crippen molar-refractivity contribution < 1.29 is 9.47 Å². The number of hydrogen-bond donors (Lipinski definition) is 0. The van der Waals surface area contributed by atoms with Gasteiger partial charge in [0.15, 0.2) is 0 Å². The normalized spacial score (nSPS) is 21.8. The van der Waals surface area contributed by atoms with Crippen LogP contribution in [0.4, 0.5) is 0 Å². The molecule has 0 amide bonds. The second kappa shape index (κ2) is 9.76. The maximum Gasteiger partial charge on any atom is 0.122 e. The van der Waals surface area contributed by atoms with Crippen molar-refractivity contribution in [3.63, 3.8) is 0 Å². The molecule has 152 valence electrons. The van der Waals surface area contributed by atoms with Gasteiger partial charge in [0.25, 0.3) is 0 Å². The van der Waals surface area contributed by atoms with E-state index in [0.29, 0.717) is 12.7 Å². The summed E-state index contributed by atoms with van der Waals surface area (Å²) >= 11 is 0. The van der Waals surface area contributed by atoms with E-state index in [2.05, 4.69) is 51.8 Å². The van der Waals surface area contributed by atoms with Crippen molar-refractivity contribution in [1.82, 2.24) is 14.7 Å². The summed E-state index contributed by atoms with van der Waals surface area (Å²) in [5, 5.41) is 0. The summed E-state index contributed by atoms with van der Waals surface area (Å²) in [7, 11) is 2.18. The third-order valence-corrected chi connectivity index (χ3v) is 6.11. The molecule has 3 heterocycles. The molecular formula is C23H33N3O2. The number of ether oxygens (including phenoxy) is 2. The number of piperazine rings is 1. The standard InChI is InChI=1S/C23H33N3O2/c1-24-12-14-25(15-13-24)9-2-3-16-27-22-6-10-26(11-7-22)19-20-4-5-23-21(18-20)8-17-28-23/h4-5,18,22H,6-17,19H2,1H3. The van der Waals surface area contributed by atoms with Gasteiger partial charge < -0.3 is 14.4 Å². The Bertz CT molecular complexity index is 696. The van der Waals surface area contributed by atoms with Gasteiger partial charge in [-0.25, -0.2) is 0 Å². The van der Waals surface area contributed by atoms with Crippen LogP contribution in [0.5, 0.6) is 5.75 Å². The molecule has 0 N–H and O–H groups in total. The number of nitrogens with zero attached hydrogens (tertiary/aromatic N) is 3. The van der Waals surface area contributed by atoms with Gasteiger partial charge in [0.1, 0.15) is 12.4 Å². The van der Waals surface area contributed by atoms with Gasteiger partial charge in [0, 0.05) is 52.2 Å². The Morgan fingerprint density at radius 3 is 2.68 bits per heavy atom. The molecule has 0 unspecified atom stereocenters. The highest BCUT2D eigenvalue weighted by atomic mass is 16.5. The van der Waals surface area contributed by atoms with E-state index < -0.39 is 0 Å². The largest absolute Gasteiger partial charge is 0.493 e. The Morgan fingerprint density at radius 2 is 1.86 bits per heavy atom. The highest BCUT2D eigenvalue weighted by Gasteiger charge is 2.20. The van der Waals surface area contributed by atoms with Crippen LogP contribution >= 0.6 is 0 Å². The molecule has 5 nitrogen and oxygen atoms in total. The minimum absolute atomic E-state index is 0.364. The van der Waals surface area contributed by atoms with E-state index in [9.17, 15) is 0 Å². The summed E-state index contributed by atoms with van der Waals surface area (Å²) in [5.74, 6) is 7.57. The predicted molar refractivity (Wildman–Crippen MR) is 112 cm³/mol. The summed E-state index contributed by atoms with van der Waals surface area (Å²) in [5.41, 5.74) is 2.77. The number of likely N-dealkylation sites (tertiary alicyclic amines) is 1. The highest BCUT2D eigenvalue weighted by molar-refractivity contribution is 5.39. The number of hydrogen-bond acceptors (Lipinski definition) is 5. The Balaban J connectivity index is 1.12. The number of piperidine rings is 1. The highest BCUT2D eigenvalue weighted by Crippen LogP contribution is 2.27. The molecular weight excluding hydrogens is 350 g/mol. The molecule has 2 saturated heterocycles. The van der Waals surface area contributed by atoms with Crippen LogP contribution in [0.3, 0.4) is 0 Å². The van der Waals surface area contributed by atoms with Crippen molar-refractivity contribution in [2.45, 2.75) is 31.9 Å². The molecule has 28 heavy (non-hydrogen) atoms. The van der Waals surface area contributed by atoms with E-state index >= 15 is 0 Å². The number of fused-ring (bicyclic) bond motifs is 1. The molecule has 4 rings (SSSR count). The van der Waals surface area contributed by atoms with Gasteiger partial charge in [-0.2, -0.15) is 0 Å². The smallest absolute Gasteiger partial charge is 0.122 e. The second-order valence-electron chi connectivity index (χ2n) is 8.26. The first-order chi connectivity index (χ1) is 13.8. The predicted octanol–water partition coefficient (Wildman–Crippen LogP) is 1.85. The van der Waals surface area contributed by atoms with Crippen molar-refractivity contribution in [1.29, 1.82) is 0 Å². The first kappa shape index (κ1) is 19.7. The fourth-order valence-electron chi connectivity index (χ4n) is 4.21. The fourth-order valence-corrected chi connectivity index (χ4v) is 4.21. The van der Waals surface area contributed by atoms with Gasteiger partial charge in [-0.3, -0.25) is 9.80 Å². The van der Waals surface area contributed by atoms with E-state index in [-0.39, 0.29) is 0 Å². The lowest BCUT2D eigenvalue weighted by Crippen LogP contribution is -2.44. The quantitative estimate of drug-likeness (QED) is 0.724. The molecule has 1 aromatic rings. The lowest BCUT2D eigenvalue weighted by Gasteiger charge is -2.31. The van der Waals surface area contributed by atoms with E-state index in [0.717, 1.165) is 84.0 Å². The Hall–Kier alpha value is -1.58. The minimum Gasteiger partial charge on any atom is -0.493 e. The fraction of sp³-hybridized carbons (Fsp3) is 0.652. The van der Waals surface area contributed by atoms with Gasteiger partial charge in [-0.15, -0.1) is 0 Å². The van der Waals surface area contributed by atoms with Crippen molar-refractivity contribution in [2.75, 3.05) is 66.1 Å². The summed E-state index contributed by atoms with van der Waals surface area (Å²) in [4.78, 5) is 7.34. The molecule has 3 aliphatic heterocycles. The SMILES string of the molecule is CN1CCN(CC#CCOC2CCN(Cc3ccc4c(c3)CCO4)CC2)CC1. The molecule has 2 fully saturated rings. The third kappa shape index (κ3) is 5.48. The van der Waals surface area contributed by atoms with Crippen LogP contribution in [0, 0.1) is 11.8 Å². The average Bonchev–Trinajstić information content (AvgIpc) is 3.18. The maximum atomic E-state index is 6.00. The van der Waals surface area contributed by atoms with Crippen molar-refractivity contribution >= 4 is 0 Å². The van der Waals surface area contributed by atoms with Gasteiger partial charge >= 0.3 is 0 Å². The molecule has 0 radical (unpaired) electrons. The van der Waals surface area contributed by atoms with Crippen LogP contribution in [0.15, 0.2) is 18.2 Å². The molecule has 0 aliphatic carbocycles. The van der Waals surface area contributed by atoms with Crippen LogP contribution in [-0.4, -0.2) is 86.9 Å². The summed E-state index contributed by atoms with van der Waals surface area (Å²) in [6.45, 7) is 10.1. The van der Waals surface area contributed by atoms with E-state index in [1.807, 2.05) is 0 Å². The lowest BCUT2D eigenvalue weighted by molar-refractivity contribution is 0.0225. The van der Waals surface area contributed by atoms with E-state index in [4.69, 9.17) is 9.47 Å². The van der Waals surface area contributed by atoms with Crippen LogP contribution in [-0.2, 0) is 17.7 Å². The van der Waals surface area contributed by atoms with Crippen LogP contribution in [0.25, 0.3) is 0 Å². The molecule has 0 saturated carbocycles. The molecule has 5 heteroatoms. The monoisotopic (exact) mass is 383 g/mol. The number of rotatable bonds is 5. The summed E-state index contributed by atoms with van der Waals surface area (Å²) in [6, 6.07) is 6.66. The minimum atomic E-state index is 0.364. The number of benzene rings is 1. The molecule has 0 atom stereocenters. The lowest BCUT2D eigenvalue weighted by atomic mass is 10.0. The third-order valence-electron chi connectivity index (χ3n) is 6.11. The van der Waals surface area contributed by atoms with Crippen LogP contribution < -0.4 is 4.74 Å². The van der Waals surface area contributed by atoms with E-state index in [1.165, 1.54) is 11.1 Å². The van der Waals surface area contributed by atoms with Crippen LogP contribution in [0.2, 0.25) is 0 Å². The topological polar surface area (TPSA) is 28.2 Å². The Kier molecular flexibility index (Phi) is 6.87. The zero-order valence-electron chi connectivity index (χ0n) is 17.2. The zero-order valence-corrected chi connectivity index (χ0v) is 17.2.